The largest absolute Gasteiger partial charge is 0.396 e. The first-order valence-electron chi connectivity index (χ1n) is 5.59. The lowest BCUT2D eigenvalue weighted by molar-refractivity contribution is -0.107. The summed E-state index contributed by atoms with van der Waals surface area (Å²) >= 11 is 0. The third kappa shape index (κ3) is 1.62. The molecule has 0 unspecified atom stereocenters. The van der Waals surface area contributed by atoms with Crippen LogP contribution in [0.3, 0.4) is 0 Å². The van der Waals surface area contributed by atoms with Crippen LogP contribution in [0.15, 0.2) is 0 Å². The second kappa shape index (κ2) is 3.58. The van der Waals surface area contributed by atoms with Crippen LogP contribution in [0.25, 0.3) is 0 Å². The predicted octanol–water partition coefficient (Wildman–Crippen LogP) is 1.70. The van der Waals surface area contributed by atoms with E-state index in [0.717, 1.165) is 32.1 Å². The smallest absolute Gasteiger partial charge is 0.0679 e. The maximum absolute atomic E-state index is 10.4. The lowest BCUT2D eigenvalue weighted by atomic mass is 9.63. The van der Waals surface area contributed by atoms with Crippen molar-refractivity contribution in [2.24, 2.45) is 11.8 Å². The molecular weight excluding hydrogens is 164 g/mol. The summed E-state index contributed by atoms with van der Waals surface area (Å²) in [7, 11) is 0. The van der Waals surface area contributed by atoms with Gasteiger partial charge in [0.15, 0.2) is 0 Å². The van der Waals surface area contributed by atoms with Crippen LogP contribution in [0.1, 0.15) is 44.9 Å². The zero-order valence-electron chi connectivity index (χ0n) is 8.21. The molecule has 2 aliphatic carbocycles. The van der Waals surface area contributed by atoms with E-state index in [-0.39, 0.29) is 6.61 Å². The monoisotopic (exact) mass is 184 g/mol. The summed E-state index contributed by atoms with van der Waals surface area (Å²) in [5.74, 6) is 0.763. The average molecular weight is 184 g/mol. The highest BCUT2D eigenvalue weighted by molar-refractivity contribution is 4.96. The standard InChI is InChI=1S/C11H20O2/c12-8-9-4-3-7-11(13)6-2-1-5-10(9)11/h9-10,12-13H,1-8H2/t9-,10-,11+/m1/s1. The van der Waals surface area contributed by atoms with Gasteiger partial charge in [0.2, 0.25) is 0 Å². The van der Waals surface area contributed by atoms with Crippen LogP contribution in [0.2, 0.25) is 0 Å². The number of aliphatic hydroxyl groups is 2. The highest BCUT2D eigenvalue weighted by Crippen LogP contribution is 2.46. The predicted molar refractivity (Wildman–Crippen MR) is 51.3 cm³/mol. The highest BCUT2D eigenvalue weighted by atomic mass is 16.3. The molecule has 0 saturated heterocycles. The Hall–Kier alpha value is -0.0800. The van der Waals surface area contributed by atoms with Crippen molar-refractivity contribution in [3.63, 3.8) is 0 Å². The second-order valence-electron chi connectivity index (χ2n) is 4.79. The van der Waals surface area contributed by atoms with E-state index in [2.05, 4.69) is 0 Å². The molecule has 0 radical (unpaired) electrons. The van der Waals surface area contributed by atoms with Crippen LogP contribution in [0.4, 0.5) is 0 Å². The van der Waals surface area contributed by atoms with Crippen LogP contribution in [-0.2, 0) is 0 Å². The van der Waals surface area contributed by atoms with Crippen molar-refractivity contribution < 1.29 is 10.2 Å². The molecule has 0 bridgehead atoms. The van der Waals surface area contributed by atoms with Crippen LogP contribution in [0.5, 0.6) is 0 Å². The van der Waals surface area contributed by atoms with Gasteiger partial charge >= 0.3 is 0 Å². The zero-order valence-corrected chi connectivity index (χ0v) is 8.21. The summed E-state index contributed by atoms with van der Waals surface area (Å²) in [6.07, 6.45) is 7.68. The van der Waals surface area contributed by atoms with Crippen molar-refractivity contribution in [2.75, 3.05) is 6.61 Å². The SMILES string of the molecule is OC[C@H]1CCC[C@@]2(O)CCCC[C@H]12. The molecule has 2 rings (SSSR count). The van der Waals surface area contributed by atoms with E-state index < -0.39 is 5.60 Å². The van der Waals surface area contributed by atoms with E-state index in [9.17, 15) is 10.2 Å². The zero-order chi connectivity index (χ0) is 9.31. The lowest BCUT2D eigenvalue weighted by Crippen LogP contribution is -2.48. The van der Waals surface area contributed by atoms with E-state index in [1.807, 2.05) is 0 Å². The van der Waals surface area contributed by atoms with Gasteiger partial charge in [-0.05, 0) is 37.5 Å². The molecule has 0 heterocycles. The Balaban J connectivity index is 2.11. The van der Waals surface area contributed by atoms with E-state index in [0.29, 0.717) is 11.8 Å². The Kier molecular flexibility index (Phi) is 2.61. The third-order valence-electron chi connectivity index (χ3n) is 4.05. The van der Waals surface area contributed by atoms with Gasteiger partial charge in [-0.3, -0.25) is 0 Å². The number of fused-ring (bicyclic) bond motifs is 1. The fourth-order valence-electron chi connectivity index (χ4n) is 3.32. The van der Waals surface area contributed by atoms with Crippen LogP contribution < -0.4 is 0 Å². The van der Waals surface area contributed by atoms with Crippen molar-refractivity contribution in [1.82, 2.24) is 0 Å². The van der Waals surface area contributed by atoms with Crippen LogP contribution in [0, 0.1) is 11.8 Å². The molecule has 0 spiro atoms. The van der Waals surface area contributed by atoms with Gasteiger partial charge in [-0.2, -0.15) is 0 Å². The fourth-order valence-corrected chi connectivity index (χ4v) is 3.32. The number of hydrogen-bond donors (Lipinski definition) is 2. The molecule has 76 valence electrons. The maximum Gasteiger partial charge on any atom is 0.0679 e. The molecule has 0 aromatic carbocycles. The average Bonchev–Trinajstić information content (AvgIpc) is 2.15. The van der Waals surface area contributed by atoms with Crippen molar-refractivity contribution in [3.05, 3.63) is 0 Å². The number of hydrogen-bond acceptors (Lipinski definition) is 2. The van der Waals surface area contributed by atoms with Gasteiger partial charge in [-0.25, -0.2) is 0 Å². The fraction of sp³-hybridized carbons (Fsp3) is 1.00. The molecule has 2 aliphatic rings. The molecule has 0 amide bonds. The highest BCUT2D eigenvalue weighted by Gasteiger charge is 2.44. The summed E-state index contributed by atoms with van der Waals surface area (Å²) in [4.78, 5) is 0. The Labute approximate surface area is 80.0 Å². The molecule has 0 aromatic heterocycles. The summed E-state index contributed by atoms with van der Waals surface area (Å²) < 4.78 is 0. The molecule has 2 fully saturated rings. The third-order valence-corrected chi connectivity index (χ3v) is 4.05. The van der Waals surface area contributed by atoms with Gasteiger partial charge in [-0.15, -0.1) is 0 Å². The van der Waals surface area contributed by atoms with Gasteiger partial charge in [0, 0.05) is 6.61 Å². The summed E-state index contributed by atoms with van der Waals surface area (Å²) in [5, 5.41) is 19.6. The first kappa shape index (κ1) is 9.47. The molecule has 2 nitrogen and oxygen atoms in total. The first-order valence-corrected chi connectivity index (χ1v) is 5.59. The summed E-state index contributed by atoms with van der Waals surface area (Å²) in [5.41, 5.74) is -0.413. The molecule has 2 N–H and O–H groups in total. The Morgan fingerprint density at radius 1 is 1.08 bits per heavy atom. The van der Waals surface area contributed by atoms with Gasteiger partial charge in [0.25, 0.3) is 0 Å². The molecule has 0 aromatic rings. The molecule has 13 heavy (non-hydrogen) atoms. The van der Waals surface area contributed by atoms with Crippen molar-refractivity contribution >= 4 is 0 Å². The van der Waals surface area contributed by atoms with Gasteiger partial charge in [0.1, 0.15) is 0 Å². The Morgan fingerprint density at radius 2 is 1.85 bits per heavy atom. The van der Waals surface area contributed by atoms with Crippen LogP contribution >= 0.6 is 0 Å². The van der Waals surface area contributed by atoms with Gasteiger partial charge in [-0.1, -0.05) is 19.3 Å². The van der Waals surface area contributed by atoms with E-state index in [1.165, 1.54) is 12.8 Å². The molecule has 2 heteroatoms. The summed E-state index contributed by atoms with van der Waals surface area (Å²) in [6, 6.07) is 0. The van der Waals surface area contributed by atoms with Gasteiger partial charge < -0.3 is 10.2 Å². The van der Waals surface area contributed by atoms with Crippen molar-refractivity contribution in [1.29, 1.82) is 0 Å². The number of aliphatic hydroxyl groups excluding tert-OH is 1. The van der Waals surface area contributed by atoms with E-state index >= 15 is 0 Å². The van der Waals surface area contributed by atoms with E-state index in [4.69, 9.17) is 0 Å². The number of rotatable bonds is 1. The van der Waals surface area contributed by atoms with Gasteiger partial charge in [0.05, 0.1) is 5.60 Å². The maximum atomic E-state index is 10.4. The molecule has 3 atom stereocenters. The quantitative estimate of drug-likeness (QED) is 0.651. The minimum Gasteiger partial charge on any atom is -0.396 e. The van der Waals surface area contributed by atoms with Crippen molar-refractivity contribution in [2.45, 2.75) is 50.5 Å². The second-order valence-corrected chi connectivity index (χ2v) is 4.79. The topological polar surface area (TPSA) is 40.5 Å². The Morgan fingerprint density at radius 3 is 2.62 bits per heavy atom. The first-order chi connectivity index (χ1) is 6.26. The molecule has 0 aliphatic heterocycles. The normalized spacial score (nSPS) is 45.7. The summed E-state index contributed by atoms with van der Waals surface area (Å²) in [6.45, 7) is 0.271. The van der Waals surface area contributed by atoms with E-state index in [1.54, 1.807) is 0 Å². The van der Waals surface area contributed by atoms with Crippen LogP contribution in [-0.4, -0.2) is 22.4 Å². The minimum absolute atomic E-state index is 0.271. The minimum atomic E-state index is -0.413. The molecule has 2 saturated carbocycles. The molecular formula is C11H20O2. The van der Waals surface area contributed by atoms with Crippen molar-refractivity contribution in [3.8, 4) is 0 Å². The Bertz CT molecular complexity index is 177. The lowest BCUT2D eigenvalue weighted by Gasteiger charge is -2.47.